The lowest BCUT2D eigenvalue weighted by Gasteiger charge is -2.11. The highest BCUT2D eigenvalue weighted by Gasteiger charge is 2.10. The zero-order valence-corrected chi connectivity index (χ0v) is 12.1. The Morgan fingerprint density at radius 1 is 1.31 bits per heavy atom. The van der Waals surface area contributed by atoms with Crippen LogP contribution >= 0.6 is 47.8 Å². The molecule has 1 aromatic carbocycles. The largest absolute Gasteiger partial charge is 0.0838 e. The summed E-state index contributed by atoms with van der Waals surface area (Å²) in [6, 6.07) is 6.27. The van der Waals surface area contributed by atoms with Crippen LogP contribution in [0.2, 0.25) is 0 Å². The SMILES string of the molecule is CCCC(Br)c1cc(Br)ccc1Br. The number of rotatable bonds is 3. The van der Waals surface area contributed by atoms with Gasteiger partial charge in [0.1, 0.15) is 0 Å². The van der Waals surface area contributed by atoms with Gasteiger partial charge in [-0.25, -0.2) is 0 Å². The molecule has 13 heavy (non-hydrogen) atoms. The van der Waals surface area contributed by atoms with E-state index < -0.39 is 0 Å². The Balaban J connectivity index is 2.91. The van der Waals surface area contributed by atoms with E-state index in [2.05, 4.69) is 66.8 Å². The van der Waals surface area contributed by atoms with Gasteiger partial charge in [0.15, 0.2) is 0 Å². The summed E-state index contributed by atoms with van der Waals surface area (Å²) in [5, 5.41) is 0. The second-order valence-electron chi connectivity index (χ2n) is 2.92. The number of alkyl halides is 1. The maximum Gasteiger partial charge on any atom is 0.0406 e. The Bertz CT molecular complexity index is 283. The first-order valence-corrected chi connectivity index (χ1v) is 6.74. The van der Waals surface area contributed by atoms with Crippen LogP contribution in [0.5, 0.6) is 0 Å². The van der Waals surface area contributed by atoms with Gasteiger partial charge in [0.2, 0.25) is 0 Å². The van der Waals surface area contributed by atoms with Crippen molar-refractivity contribution in [1.29, 1.82) is 0 Å². The summed E-state index contributed by atoms with van der Waals surface area (Å²) in [5.41, 5.74) is 1.32. The van der Waals surface area contributed by atoms with Crippen LogP contribution < -0.4 is 0 Å². The molecule has 0 saturated carbocycles. The van der Waals surface area contributed by atoms with Gasteiger partial charge in [0.05, 0.1) is 0 Å². The smallest absolute Gasteiger partial charge is 0.0406 e. The maximum absolute atomic E-state index is 3.68. The third kappa shape index (κ3) is 3.37. The van der Waals surface area contributed by atoms with E-state index in [0.717, 1.165) is 10.9 Å². The van der Waals surface area contributed by atoms with E-state index in [0.29, 0.717) is 4.83 Å². The summed E-state index contributed by atoms with van der Waals surface area (Å²) in [5.74, 6) is 0. The molecule has 0 N–H and O–H groups in total. The molecule has 72 valence electrons. The van der Waals surface area contributed by atoms with Crippen LogP contribution in [-0.2, 0) is 0 Å². The predicted molar refractivity (Wildman–Crippen MR) is 68.4 cm³/mol. The topological polar surface area (TPSA) is 0 Å². The van der Waals surface area contributed by atoms with Crippen molar-refractivity contribution in [2.75, 3.05) is 0 Å². The van der Waals surface area contributed by atoms with E-state index >= 15 is 0 Å². The van der Waals surface area contributed by atoms with E-state index in [1.54, 1.807) is 0 Å². The molecule has 0 saturated heterocycles. The number of hydrogen-bond donors (Lipinski definition) is 0. The standard InChI is InChI=1S/C10H11Br3/c1-2-3-9(12)8-6-7(11)4-5-10(8)13/h4-6,9H,2-3H2,1H3. The highest BCUT2D eigenvalue weighted by molar-refractivity contribution is 9.11. The zero-order valence-electron chi connectivity index (χ0n) is 7.36. The Kier molecular flexibility index (Phi) is 4.98. The average molecular weight is 371 g/mol. The highest BCUT2D eigenvalue weighted by atomic mass is 79.9. The van der Waals surface area contributed by atoms with Gasteiger partial charge in [-0.1, -0.05) is 61.1 Å². The molecule has 0 heterocycles. The van der Waals surface area contributed by atoms with Gasteiger partial charge in [-0.05, 0) is 30.2 Å². The molecule has 0 radical (unpaired) electrons. The van der Waals surface area contributed by atoms with Crippen molar-refractivity contribution >= 4 is 47.8 Å². The minimum Gasteiger partial charge on any atom is -0.0838 e. The molecule has 1 rings (SSSR count). The van der Waals surface area contributed by atoms with Crippen molar-refractivity contribution in [1.82, 2.24) is 0 Å². The van der Waals surface area contributed by atoms with Crippen molar-refractivity contribution < 1.29 is 0 Å². The maximum atomic E-state index is 3.68. The average Bonchev–Trinajstić information content (AvgIpc) is 2.09. The molecule has 0 aliphatic heterocycles. The minimum atomic E-state index is 0.448. The van der Waals surface area contributed by atoms with Crippen LogP contribution in [0, 0.1) is 0 Å². The second kappa shape index (κ2) is 5.52. The number of benzene rings is 1. The van der Waals surface area contributed by atoms with Gasteiger partial charge < -0.3 is 0 Å². The van der Waals surface area contributed by atoms with Crippen molar-refractivity contribution in [3.63, 3.8) is 0 Å². The van der Waals surface area contributed by atoms with Crippen LogP contribution in [0.15, 0.2) is 27.1 Å². The van der Waals surface area contributed by atoms with Gasteiger partial charge in [0.25, 0.3) is 0 Å². The molecule has 1 unspecified atom stereocenters. The zero-order chi connectivity index (χ0) is 9.84. The first-order chi connectivity index (χ1) is 6.15. The second-order valence-corrected chi connectivity index (χ2v) is 5.80. The third-order valence-corrected chi connectivity index (χ3v) is 4.00. The van der Waals surface area contributed by atoms with E-state index in [9.17, 15) is 0 Å². The molecule has 0 aliphatic rings. The van der Waals surface area contributed by atoms with Crippen molar-refractivity contribution in [3.05, 3.63) is 32.7 Å². The Hall–Kier alpha value is 0.660. The molecule has 3 heteroatoms. The minimum absolute atomic E-state index is 0.448. The monoisotopic (exact) mass is 368 g/mol. The lowest BCUT2D eigenvalue weighted by atomic mass is 10.1. The van der Waals surface area contributed by atoms with E-state index in [4.69, 9.17) is 0 Å². The number of halogens is 3. The van der Waals surface area contributed by atoms with Crippen LogP contribution in [0.3, 0.4) is 0 Å². The lowest BCUT2D eigenvalue weighted by molar-refractivity contribution is 0.786. The fraction of sp³-hybridized carbons (Fsp3) is 0.400. The Morgan fingerprint density at radius 2 is 2.00 bits per heavy atom. The van der Waals surface area contributed by atoms with Gasteiger partial charge in [-0.3, -0.25) is 0 Å². The Morgan fingerprint density at radius 3 is 2.62 bits per heavy atom. The first kappa shape index (κ1) is 11.7. The summed E-state index contributed by atoms with van der Waals surface area (Å²) in [7, 11) is 0. The summed E-state index contributed by atoms with van der Waals surface area (Å²) in [6.07, 6.45) is 2.35. The van der Waals surface area contributed by atoms with Gasteiger partial charge >= 0.3 is 0 Å². The third-order valence-electron chi connectivity index (χ3n) is 1.84. The van der Waals surface area contributed by atoms with Gasteiger partial charge in [0, 0.05) is 13.8 Å². The normalized spacial score (nSPS) is 12.9. The molecule has 0 aromatic heterocycles. The van der Waals surface area contributed by atoms with Crippen molar-refractivity contribution in [3.8, 4) is 0 Å². The molecule has 0 bridgehead atoms. The summed E-state index contributed by atoms with van der Waals surface area (Å²) < 4.78 is 2.30. The van der Waals surface area contributed by atoms with Gasteiger partial charge in [-0.15, -0.1) is 0 Å². The van der Waals surface area contributed by atoms with Crippen LogP contribution in [0.4, 0.5) is 0 Å². The predicted octanol–water partition coefficient (Wildman–Crippen LogP) is 5.45. The summed E-state index contributed by atoms with van der Waals surface area (Å²) in [4.78, 5) is 0.448. The molecule has 1 atom stereocenters. The van der Waals surface area contributed by atoms with Crippen molar-refractivity contribution in [2.45, 2.75) is 24.6 Å². The van der Waals surface area contributed by atoms with E-state index in [1.807, 2.05) is 6.07 Å². The van der Waals surface area contributed by atoms with E-state index in [1.165, 1.54) is 16.5 Å². The molecule has 1 aromatic rings. The summed E-state index contributed by atoms with van der Waals surface area (Å²) in [6.45, 7) is 2.19. The molecule has 0 aliphatic carbocycles. The van der Waals surface area contributed by atoms with Crippen LogP contribution in [0.1, 0.15) is 30.2 Å². The quantitative estimate of drug-likeness (QED) is 0.621. The molecular formula is C10H11Br3. The fourth-order valence-corrected chi connectivity index (χ4v) is 3.21. The first-order valence-electron chi connectivity index (χ1n) is 4.24. The van der Waals surface area contributed by atoms with Crippen LogP contribution in [0.25, 0.3) is 0 Å². The van der Waals surface area contributed by atoms with Gasteiger partial charge in [-0.2, -0.15) is 0 Å². The molecule has 0 spiro atoms. The molecule has 0 nitrogen and oxygen atoms in total. The lowest BCUT2D eigenvalue weighted by Crippen LogP contribution is -1.90. The number of hydrogen-bond acceptors (Lipinski definition) is 0. The highest BCUT2D eigenvalue weighted by Crippen LogP contribution is 2.34. The molecule has 0 amide bonds. The molecular weight excluding hydrogens is 360 g/mol. The fourth-order valence-electron chi connectivity index (χ4n) is 1.16. The van der Waals surface area contributed by atoms with Crippen LogP contribution in [-0.4, -0.2) is 0 Å². The molecule has 0 fully saturated rings. The van der Waals surface area contributed by atoms with Crippen molar-refractivity contribution in [2.24, 2.45) is 0 Å². The van der Waals surface area contributed by atoms with E-state index in [-0.39, 0.29) is 0 Å². The summed E-state index contributed by atoms with van der Waals surface area (Å²) >= 11 is 10.7. The Labute approximate surface area is 104 Å².